The summed E-state index contributed by atoms with van der Waals surface area (Å²) in [6.07, 6.45) is 0.816. The van der Waals surface area contributed by atoms with Crippen LogP contribution in [-0.4, -0.2) is 17.1 Å². The normalized spacial score (nSPS) is 10.8. The molecule has 5 nitrogen and oxygen atoms in total. The van der Waals surface area contributed by atoms with Gasteiger partial charge in [-0.05, 0) is 41.8 Å². The number of benzene rings is 2. The number of nitrogens with zero attached hydrogens (tertiary/aromatic N) is 2. The zero-order valence-electron chi connectivity index (χ0n) is 16.6. The van der Waals surface area contributed by atoms with Crippen molar-refractivity contribution in [2.24, 2.45) is 0 Å². The van der Waals surface area contributed by atoms with Crippen molar-refractivity contribution in [3.8, 4) is 22.9 Å². The molecule has 0 saturated carbocycles. The Morgan fingerprint density at radius 3 is 2.83 bits per heavy atom. The van der Waals surface area contributed by atoms with Crippen LogP contribution < -0.4 is 10.3 Å². The smallest absolute Gasteiger partial charge is 0.260 e. The molecule has 0 radical (unpaired) electrons. The summed E-state index contributed by atoms with van der Waals surface area (Å²) >= 11 is 3.02. The summed E-state index contributed by atoms with van der Waals surface area (Å²) in [7, 11) is 1.63. The topological polar surface area (TPSA) is 78.8 Å². The molecule has 2 aromatic heterocycles. The molecule has 0 aliphatic carbocycles. The Morgan fingerprint density at radius 1 is 1.23 bits per heavy atom. The summed E-state index contributed by atoms with van der Waals surface area (Å²) in [6, 6.07) is 17.4. The maximum Gasteiger partial charge on any atom is 0.260 e. The van der Waals surface area contributed by atoms with E-state index in [4.69, 9.17) is 15.0 Å². The van der Waals surface area contributed by atoms with E-state index in [1.165, 1.54) is 11.8 Å². The van der Waals surface area contributed by atoms with E-state index in [9.17, 15) is 4.79 Å². The van der Waals surface area contributed by atoms with Gasteiger partial charge in [0.15, 0.2) is 5.16 Å². The first-order chi connectivity index (χ1) is 14.6. The van der Waals surface area contributed by atoms with E-state index in [1.54, 1.807) is 24.5 Å². The SMILES string of the molecule is CCc1sc2nc(SCc3cccc(C#N)c3)[nH]c(=O)c2c1-c1cccc(OC)c1. The van der Waals surface area contributed by atoms with Crippen LogP contribution in [0.15, 0.2) is 58.5 Å². The highest BCUT2D eigenvalue weighted by atomic mass is 32.2. The van der Waals surface area contributed by atoms with Gasteiger partial charge in [0.2, 0.25) is 0 Å². The molecule has 0 aliphatic heterocycles. The van der Waals surface area contributed by atoms with Gasteiger partial charge in [0.25, 0.3) is 5.56 Å². The third-order valence-electron chi connectivity index (χ3n) is 4.72. The van der Waals surface area contributed by atoms with Gasteiger partial charge in [-0.3, -0.25) is 4.79 Å². The fourth-order valence-electron chi connectivity index (χ4n) is 3.32. The molecule has 0 aliphatic rings. The highest BCUT2D eigenvalue weighted by Crippen LogP contribution is 2.38. The van der Waals surface area contributed by atoms with Gasteiger partial charge in [0, 0.05) is 16.2 Å². The minimum absolute atomic E-state index is 0.137. The first kappa shape index (κ1) is 20.2. The molecule has 4 rings (SSSR count). The summed E-state index contributed by atoms with van der Waals surface area (Å²) in [5.41, 5.74) is 3.39. The van der Waals surface area contributed by atoms with Crippen LogP contribution in [0.1, 0.15) is 22.9 Å². The quantitative estimate of drug-likeness (QED) is 0.326. The van der Waals surface area contributed by atoms with Gasteiger partial charge in [-0.1, -0.05) is 43.0 Å². The van der Waals surface area contributed by atoms with Crippen LogP contribution in [0.25, 0.3) is 21.3 Å². The lowest BCUT2D eigenvalue weighted by Crippen LogP contribution is -2.08. The van der Waals surface area contributed by atoms with Gasteiger partial charge >= 0.3 is 0 Å². The van der Waals surface area contributed by atoms with Crippen molar-refractivity contribution < 1.29 is 4.74 Å². The number of rotatable bonds is 6. The van der Waals surface area contributed by atoms with Crippen LogP contribution in [0.4, 0.5) is 0 Å². The maximum absolute atomic E-state index is 13.0. The summed E-state index contributed by atoms with van der Waals surface area (Å²) in [6.45, 7) is 2.08. The third-order valence-corrected chi connectivity index (χ3v) is 6.90. The van der Waals surface area contributed by atoms with Crippen LogP contribution in [0.5, 0.6) is 5.75 Å². The molecule has 2 heterocycles. The van der Waals surface area contributed by atoms with Gasteiger partial charge in [-0.25, -0.2) is 4.98 Å². The van der Waals surface area contributed by atoms with E-state index in [1.807, 2.05) is 42.5 Å². The standard InChI is InChI=1S/C23H19N3O2S2/c1-3-18-19(16-8-5-9-17(11-16)28-2)20-21(27)25-23(26-22(20)30-18)29-13-15-7-4-6-14(10-15)12-24/h4-11H,3,13H2,1-2H3,(H,25,26,27). The van der Waals surface area contributed by atoms with Gasteiger partial charge < -0.3 is 9.72 Å². The predicted molar refractivity (Wildman–Crippen MR) is 122 cm³/mol. The fraction of sp³-hybridized carbons (Fsp3) is 0.174. The number of H-pyrrole nitrogens is 1. The van der Waals surface area contributed by atoms with E-state index in [2.05, 4.69) is 18.0 Å². The molecule has 0 amide bonds. The Morgan fingerprint density at radius 2 is 2.07 bits per heavy atom. The highest BCUT2D eigenvalue weighted by molar-refractivity contribution is 7.98. The van der Waals surface area contributed by atoms with E-state index >= 15 is 0 Å². The summed E-state index contributed by atoms with van der Waals surface area (Å²) in [5, 5.41) is 10.3. The van der Waals surface area contributed by atoms with Crippen molar-refractivity contribution in [2.75, 3.05) is 7.11 Å². The first-order valence-electron chi connectivity index (χ1n) is 9.45. The highest BCUT2D eigenvalue weighted by Gasteiger charge is 2.18. The van der Waals surface area contributed by atoms with E-state index in [-0.39, 0.29) is 5.56 Å². The minimum Gasteiger partial charge on any atom is -0.497 e. The van der Waals surface area contributed by atoms with Crippen molar-refractivity contribution in [1.82, 2.24) is 9.97 Å². The van der Waals surface area contributed by atoms with Crippen molar-refractivity contribution >= 4 is 33.3 Å². The number of nitriles is 1. The first-order valence-corrected chi connectivity index (χ1v) is 11.2. The molecule has 1 N–H and O–H groups in total. The number of aryl methyl sites for hydroxylation is 1. The van der Waals surface area contributed by atoms with E-state index in [0.29, 0.717) is 21.9 Å². The Hall–Kier alpha value is -3.08. The Labute approximate surface area is 182 Å². The van der Waals surface area contributed by atoms with Crippen LogP contribution in [0.3, 0.4) is 0 Å². The molecule has 7 heteroatoms. The van der Waals surface area contributed by atoms with Crippen LogP contribution in [0, 0.1) is 11.3 Å². The minimum atomic E-state index is -0.137. The number of hydrogen-bond donors (Lipinski definition) is 1. The molecular weight excluding hydrogens is 414 g/mol. The van der Waals surface area contributed by atoms with E-state index in [0.717, 1.165) is 38.6 Å². The van der Waals surface area contributed by atoms with Gasteiger partial charge in [0.1, 0.15) is 10.6 Å². The van der Waals surface area contributed by atoms with Crippen molar-refractivity contribution in [2.45, 2.75) is 24.3 Å². The Bertz CT molecular complexity index is 1320. The average molecular weight is 434 g/mol. The molecule has 0 saturated heterocycles. The lowest BCUT2D eigenvalue weighted by Gasteiger charge is -2.06. The second-order valence-corrected chi connectivity index (χ2v) is 8.69. The van der Waals surface area contributed by atoms with Crippen molar-refractivity contribution in [1.29, 1.82) is 5.26 Å². The zero-order valence-corrected chi connectivity index (χ0v) is 18.2. The number of nitrogens with one attached hydrogen (secondary N) is 1. The molecule has 4 aromatic rings. The van der Waals surface area contributed by atoms with Gasteiger partial charge in [0.05, 0.1) is 24.1 Å². The molecule has 0 spiro atoms. The van der Waals surface area contributed by atoms with Crippen molar-refractivity contribution in [3.05, 3.63) is 74.9 Å². The van der Waals surface area contributed by atoms with Crippen LogP contribution in [-0.2, 0) is 12.2 Å². The number of ether oxygens (including phenoxy) is 1. The zero-order chi connectivity index (χ0) is 21.1. The number of aromatic amines is 1. The van der Waals surface area contributed by atoms with Crippen LogP contribution >= 0.6 is 23.1 Å². The Balaban J connectivity index is 1.72. The summed E-state index contributed by atoms with van der Waals surface area (Å²) in [5.74, 6) is 1.38. The lowest BCUT2D eigenvalue weighted by molar-refractivity contribution is 0.415. The molecular formula is C23H19N3O2S2. The second-order valence-electron chi connectivity index (χ2n) is 6.64. The molecule has 30 heavy (non-hydrogen) atoms. The number of thiophene rings is 1. The summed E-state index contributed by atoms with van der Waals surface area (Å²) < 4.78 is 5.36. The summed E-state index contributed by atoms with van der Waals surface area (Å²) in [4.78, 5) is 22.5. The number of hydrogen-bond acceptors (Lipinski definition) is 6. The van der Waals surface area contributed by atoms with Gasteiger partial charge in [-0.15, -0.1) is 11.3 Å². The molecule has 0 atom stereocenters. The molecule has 150 valence electrons. The third kappa shape index (κ3) is 3.97. The van der Waals surface area contributed by atoms with Crippen LogP contribution in [0.2, 0.25) is 0 Å². The van der Waals surface area contributed by atoms with E-state index < -0.39 is 0 Å². The fourth-order valence-corrected chi connectivity index (χ4v) is 5.31. The molecule has 0 bridgehead atoms. The largest absolute Gasteiger partial charge is 0.497 e. The Kier molecular flexibility index (Phi) is 5.88. The number of methoxy groups -OCH3 is 1. The molecule has 0 unspecified atom stereocenters. The number of aromatic nitrogens is 2. The predicted octanol–water partition coefficient (Wildman–Crippen LogP) is 5.39. The number of fused-ring (bicyclic) bond motifs is 1. The average Bonchev–Trinajstić information content (AvgIpc) is 3.17. The van der Waals surface area contributed by atoms with Gasteiger partial charge in [-0.2, -0.15) is 5.26 Å². The number of thioether (sulfide) groups is 1. The monoisotopic (exact) mass is 433 g/mol. The lowest BCUT2D eigenvalue weighted by atomic mass is 10.0. The molecule has 2 aromatic carbocycles. The second kappa shape index (κ2) is 8.74. The van der Waals surface area contributed by atoms with Crippen molar-refractivity contribution in [3.63, 3.8) is 0 Å². The molecule has 0 fully saturated rings. The maximum atomic E-state index is 13.0.